The summed E-state index contributed by atoms with van der Waals surface area (Å²) in [6.45, 7) is 0. The SMILES string of the molecule is O=C1c2ccccc2C(=O)[C@]2(Cl)N=N[C@@]3(C=Cc4ccccc43)[C@H]12. The Kier molecular flexibility index (Phi) is 2.46. The molecule has 0 bridgehead atoms. The molecule has 1 aliphatic heterocycles. The molecule has 0 fully saturated rings. The van der Waals surface area contributed by atoms with Crippen LogP contribution in [0.1, 0.15) is 31.8 Å². The molecule has 3 atom stereocenters. The monoisotopic (exact) mass is 334 g/mol. The summed E-state index contributed by atoms with van der Waals surface area (Å²) < 4.78 is 0. The lowest BCUT2D eigenvalue weighted by atomic mass is 9.68. The Hall–Kier alpha value is -2.59. The molecule has 2 aliphatic carbocycles. The topological polar surface area (TPSA) is 58.9 Å². The van der Waals surface area contributed by atoms with Crippen molar-refractivity contribution in [1.29, 1.82) is 0 Å². The van der Waals surface area contributed by atoms with Crippen LogP contribution in [0.2, 0.25) is 0 Å². The lowest BCUT2D eigenvalue weighted by molar-refractivity contribution is 0.0746. The van der Waals surface area contributed by atoms with Gasteiger partial charge in [0.05, 0.1) is 0 Å². The van der Waals surface area contributed by atoms with Crippen molar-refractivity contribution in [2.24, 2.45) is 16.1 Å². The fraction of sp³-hybridized carbons (Fsp3) is 0.158. The minimum Gasteiger partial charge on any atom is -0.294 e. The Labute approximate surface area is 142 Å². The second-order valence-corrected chi connectivity index (χ2v) is 6.87. The van der Waals surface area contributed by atoms with Gasteiger partial charge < -0.3 is 0 Å². The lowest BCUT2D eigenvalue weighted by Gasteiger charge is -2.36. The molecule has 0 aromatic heterocycles. The summed E-state index contributed by atoms with van der Waals surface area (Å²) in [4.78, 5) is 24.5. The number of rotatable bonds is 0. The Balaban J connectivity index is 1.79. The van der Waals surface area contributed by atoms with Gasteiger partial charge in [0.1, 0.15) is 11.5 Å². The molecule has 0 N–H and O–H groups in total. The van der Waals surface area contributed by atoms with Crippen molar-refractivity contribution in [3.05, 3.63) is 76.9 Å². The van der Waals surface area contributed by atoms with Crippen LogP contribution in [0, 0.1) is 5.92 Å². The fourth-order valence-electron chi connectivity index (χ4n) is 4.01. The van der Waals surface area contributed by atoms with Crippen LogP contribution in [-0.4, -0.2) is 16.6 Å². The highest BCUT2D eigenvalue weighted by molar-refractivity contribution is 6.42. The lowest BCUT2D eigenvalue weighted by Crippen LogP contribution is -2.51. The molecule has 5 heteroatoms. The first-order chi connectivity index (χ1) is 11.6. The molecule has 1 spiro atoms. The number of halogens is 1. The van der Waals surface area contributed by atoms with Gasteiger partial charge in [0.25, 0.3) is 0 Å². The molecule has 2 aromatic carbocycles. The summed E-state index contributed by atoms with van der Waals surface area (Å²) in [6.07, 6.45) is 3.75. The number of benzene rings is 2. The molecule has 3 aliphatic rings. The maximum atomic E-state index is 13.2. The minimum atomic E-state index is -1.67. The van der Waals surface area contributed by atoms with E-state index in [2.05, 4.69) is 10.2 Å². The van der Waals surface area contributed by atoms with Crippen molar-refractivity contribution in [1.82, 2.24) is 0 Å². The first kappa shape index (κ1) is 13.8. The van der Waals surface area contributed by atoms with Gasteiger partial charge in [0, 0.05) is 11.1 Å². The van der Waals surface area contributed by atoms with E-state index in [0.717, 1.165) is 11.1 Å². The number of alkyl halides is 1. The van der Waals surface area contributed by atoms with Gasteiger partial charge in [-0.1, -0.05) is 66.2 Å². The smallest absolute Gasteiger partial charge is 0.229 e. The highest BCUT2D eigenvalue weighted by atomic mass is 35.5. The molecule has 0 unspecified atom stereocenters. The molecule has 0 amide bonds. The van der Waals surface area contributed by atoms with Gasteiger partial charge in [-0.25, -0.2) is 0 Å². The Morgan fingerprint density at radius 3 is 2.46 bits per heavy atom. The maximum absolute atomic E-state index is 13.2. The number of carbonyl (C=O) groups is 2. The number of fused-ring (bicyclic) bond motifs is 5. The molecule has 0 saturated heterocycles. The summed E-state index contributed by atoms with van der Waals surface area (Å²) in [5.41, 5.74) is 1.55. The molecule has 2 aromatic rings. The zero-order valence-electron chi connectivity index (χ0n) is 12.4. The number of hydrogen-bond acceptors (Lipinski definition) is 4. The average molecular weight is 335 g/mol. The van der Waals surface area contributed by atoms with Gasteiger partial charge in [0.2, 0.25) is 10.8 Å². The molecular formula is C19H11ClN2O2. The summed E-state index contributed by atoms with van der Waals surface area (Å²) in [6, 6.07) is 14.4. The van der Waals surface area contributed by atoms with Gasteiger partial charge >= 0.3 is 0 Å². The third-order valence-electron chi connectivity index (χ3n) is 5.11. The zero-order chi connectivity index (χ0) is 16.5. The molecule has 1 heterocycles. The number of carbonyl (C=O) groups excluding carboxylic acids is 2. The maximum Gasteiger partial charge on any atom is 0.229 e. The van der Waals surface area contributed by atoms with Crippen LogP contribution < -0.4 is 0 Å². The zero-order valence-corrected chi connectivity index (χ0v) is 13.2. The first-order valence-corrected chi connectivity index (χ1v) is 8.05. The van der Waals surface area contributed by atoms with E-state index in [1.165, 1.54) is 0 Å². The van der Waals surface area contributed by atoms with Crippen molar-refractivity contribution >= 4 is 29.2 Å². The fourth-order valence-corrected chi connectivity index (χ4v) is 4.41. The molecule has 0 saturated carbocycles. The van der Waals surface area contributed by atoms with Gasteiger partial charge in [-0.15, -0.1) is 0 Å². The Morgan fingerprint density at radius 2 is 1.62 bits per heavy atom. The van der Waals surface area contributed by atoms with Crippen LogP contribution >= 0.6 is 11.6 Å². The largest absolute Gasteiger partial charge is 0.294 e. The molecular weight excluding hydrogens is 324 g/mol. The van der Waals surface area contributed by atoms with Crippen LogP contribution in [0.15, 0.2) is 64.8 Å². The van der Waals surface area contributed by atoms with Crippen LogP contribution in [0.4, 0.5) is 0 Å². The van der Waals surface area contributed by atoms with E-state index < -0.39 is 16.5 Å². The molecule has 116 valence electrons. The molecule has 4 nitrogen and oxygen atoms in total. The number of Topliss-reactive ketones (excluding diaryl/α,β-unsaturated/α-hetero) is 2. The highest BCUT2D eigenvalue weighted by Crippen LogP contribution is 2.57. The first-order valence-electron chi connectivity index (χ1n) is 7.68. The minimum absolute atomic E-state index is 0.188. The van der Waals surface area contributed by atoms with Crippen LogP contribution in [-0.2, 0) is 5.54 Å². The third-order valence-corrected chi connectivity index (χ3v) is 5.58. The number of ketones is 2. The van der Waals surface area contributed by atoms with Crippen molar-refractivity contribution in [3.8, 4) is 0 Å². The predicted molar refractivity (Wildman–Crippen MR) is 89.2 cm³/mol. The number of nitrogens with zero attached hydrogens (tertiary/aromatic N) is 2. The van der Waals surface area contributed by atoms with Gasteiger partial charge in [0.15, 0.2) is 5.78 Å². The average Bonchev–Trinajstić information content (AvgIpc) is 3.14. The highest BCUT2D eigenvalue weighted by Gasteiger charge is 2.66. The standard InChI is InChI=1S/C19H11ClN2O2/c20-19-16(15(23)12-6-2-3-7-13(12)17(19)24)18(21-22-19)10-9-11-5-1-4-8-14(11)18/h1-10,16H/t16-,18+,19+/m0/s1. The number of hydrogen-bond donors (Lipinski definition) is 0. The molecule has 5 rings (SSSR count). The summed E-state index contributed by atoms with van der Waals surface area (Å²) in [7, 11) is 0. The van der Waals surface area contributed by atoms with Gasteiger partial charge in [-0.05, 0) is 17.2 Å². The third kappa shape index (κ3) is 1.41. The van der Waals surface area contributed by atoms with Crippen molar-refractivity contribution in [2.45, 2.75) is 10.5 Å². The summed E-state index contributed by atoms with van der Waals surface area (Å²) >= 11 is 6.62. The van der Waals surface area contributed by atoms with Gasteiger partial charge in [-0.3, -0.25) is 9.59 Å². The van der Waals surface area contributed by atoms with Gasteiger partial charge in [-0.2, -0.15) is 10.2 Å². The summed E-state index contributed by atoms with van der Waals surface area (Å²) in [5.74, 6) is -1.41. The van der Waals surface area contributed by atoms with Crippen molar-refractivity contribution in [2.75, 3.05) is 0 Å². The van der Waals surface area contributed by atoms with E-state index in [0.29, 0.717) is 11.1 Å². The van der Waals surface area contributed by atoms with E-state index in [-0.39, 0.29) is 11.6 Å². The van der Waals surface area contributed by atoms with E-state index in [1.54, 1.807) is 24.3 Å². The summed E-state index contributed by atoms with van der Waals surface area (Å²) in [5, 5.41) is 8.50. The second kappa shape index (κ2) is 4.28. The quantitative estimate of drug-likeness (QED) is 0.540. The molecule has 24 heavy (non-hydrogen) atoms. The van der Waals surface area contributed by atoms with E-state index in [4.69, 9.17) is 11.6 Å². The normalized spacial score (nSPS) is 32.1. The van der Waals surface area contributed by atoms with Crippen LogP contribution in [0.25, 0.3) is 6.08 Å². The second-order valence-electron chi connectivity index (χ2n) is 6.29. The molecule has 0 radical (unpaired) electrons. The van der Waals surface area contributed by atoms with E-state index in [1.807, 2.05) is 36.4 Å². The van der Waals surface area contributed by atoms with E-state index >= 15 is 0 Å². The van der Waals surface area contributed by atoms with Crippen molar-refractivity contribution < 1.29 is 9.59 Å². The number of azo groups is 1. The van der Waals surface area contributed by atoms with Crippen LogP contribution in [0.3, 0.4) is 0 Å². The predicted octanol–water partition coefficient (Wildman–Crippen LogP) is 4.01. The Bertz CT molecular complexity index is 996. The van der Waals surface area contributed by atoms with Crippen molar-refractivity contribution in [3.63, 3.8) is 0 Å². The Morgan fingerprint density at radius 1 is 0.917 bits per heavy atom. The van der Waals surface area contributed by atoms with E-state index in [9.17, 15) is 9.59 Å². The van der Waals surface area contributed by atoms with Crippen LogP contribution in [0.5, 0.6) is 0 Å².